The largest absolute Gasteiger partial charge is 0.496 e. The quantitative estimate of drug-likeness (QED) is 0.425. The van der Waals surface area contributed by atoms with E-state index in [0.717, 1.165) is 11.1 Å². The molecule has 1 unspecified atom stereocenters. The third-order valence-electron chi connectivity index (χ3n) is 4.95. The van der Waals surface area contributed by atoms with Crippen LogP contribution in [0, 0.1) is 0 Å². The van der Waals surface area contributed by atoms with Crippen molar-refractivity contribution in [3.8, 4) is 33.9 Å². The van der Waals surface area contributed by atoms with E-state index in [0.29, 0.717) is 16.9 Å². The number of halogens is 3. The number of alkyl halides is 3. The van der Waals surface area contributed by atoms with Crippen LogP contribution in [0.5, 0.6) is 11.5 Å². The number of ether oxygens (including phenoxy) is 2. The Kier molecular flexibility index (Phi) is 6.11. The number of benzene rings is 1. The Balaban J connectivity index is 1.75. The summed E-state index contributed by atoms with van der Waals surface area (Å²) in [5.74, 6) is -1.03. The van der Waals surface area contributed by atoms with Crippen molar-refractivity contribution in [1.82, 2.24) is 24.9 Å². The third-order valence-corrected chi connectivity index (χ3v) is 4.95. The maximum absolute atomic E-state index is 13.4. The van der Waals surface area contributed by atoms with Crippen LogP contribution < -0.4 is 14.8 Å². The van der Waals surface area contributed by atoms with Crippen molar-refractivity contribution in [3.05, 3.63) is 60.7 Å². The Bertz CT molecular complexity index is 1270. The van der Waals surface area contributed by atoms with Crippen LogP contribution in [0.1, 0.15) is 10.4 Å². The molecule has 11 heteroatoms. The minimum absolute atomic E-state index is 0.0257. The molecule has 170 valence electrons. The number of rotatable bonds is 7. The van der Waals surface area contributed by atoms with Crippen LogP contribution >= 0.6 is 0 Å². The Hall–Kier alpha value is -4.15. The molecule has 4 aromatic rings. The van der Waals surface area contributed by atoms with E-state index in [9.17, 15) is 18.0 Å². The molecule has 4 rings (SSSR count). The highest BCUT2D eigenvalue weighted by Gasteiger charge is 2.27. The summed E-state index contributed by atoms with van der Waals surface area (Å²) in [6, 6.07) is 8.65. The summed E-state index contributed by atoms with van der Waals surface area (Å²) in [6.45, 7) is 0. The molecule has 0 aliphatic rings. The van der Waals surface area contributed by atoms with Gasteiger partial charge in [0, 0.05) is 17.3 Å². The SMILES string of the molecule is COc1cc(-c2cnc3cc(-c4ccnnc4)ccn23)cc(OC)c1C(=O)NC(F)C(F)F. The molecule has 8 nitrogen and oxygen atoms in total. The second-order valence-corrected chi connectivity index (χ2v) is 6.88. The lowest BCUT2D eigenvalue weighted by atomic mass is 10.1. The summed E-state index contributed by atoms with van der Waals surface area (Å²) in [5, 5.41) is 9.26. The number of aromatic nitrogens is 4. The molecule has 0 aliphatic heterocycles. The molecule has 1 N–H and O–H groups in total. The number of nitrogens with zero attached hydrogens (tertiary/aromatic N) is 4. The van der Waals surface area contributed by atoms with Crippen LogP contribution in [-0.4, -0.2) is 52.4 Å². The van der Waals surface area contributed by atoms with E-state index < -0.39 is 18.6 Å². The molecule has 0 saturated carbocycles. The fourth-order valence-corrected chi connectivity index (χ4v) is 3.38. The molecule has 0 aliphatic carbocycles. The van der Waals surface area contributed by atoms with Crippen molar-refractivity contribution in [2.45, 2.75) is 12.7 Å². The molecule has 33 heavy (non-hydrogen) atoms. The first kappa shape index (κ1) is 22.1. The summed E-state index contributed by atoms with van der Waals surface area (Å²) >= 11 is 0. The number of pyridine rings is 1. The zero-order valence-corrected chi connectivity index (χ0v) is 17.5. The fraction of sp³-hybridized carbons (Fsp3) is 0.182. The van der Waals surface area contributed by atoms with Gasteiger partial charge in [0.15, 0.2) is 0 Å². The number of methoxy groups -OCH3 is 2. The molecule has 1 amide bonds. The topological polar surface area (TPSA) is 90.6 Å². The molecule has 0 bridgehead atoms. The van der Waals surface area contributed by atoms with E-state index >= 15 is 0 Å². The lowest BCUT2D eigenvalue weighted by Gasteiger charge is -2.16. The first-order valence-corrected chi connectivity index (χ1v) is 9.66. The van der Waals surface area contributed by atoms with E-state index in [1.165, 1.54) is 26.4 Å². The Morgan fingerprint density at radius 3 is 2.30 bits per heavy atom. The predicted octanol–water partition coefficient (Wildman–Crippen LogP) is 3.77. The summed E-state index contributed by atoms with van der Waals surface area (Å²) in [5.41, 5.74) is 3.47. The summed E-state index contributed by atoms with van der Waals surface area (Å²) < 4.78 is 50.8. The first-order chi connectivity index (χ1) is 15.9. The number of carbonyl (C=O) groups is 1. The van der Waals surface area contributed by atoms with Gasteiger partial charge in [0.1, 0.15) is 22.7 Å². The van der Waals surface area contributed by atoms with Gasteiger partial charge in [-0.3, -0.25) is 9.20 Å². The Morgan fingerprint density at radius 1 is 0.970 bits per heavy atom. The van der Waals surface area contributed by atoms with E-state index in [1.54, 1.807) is 23.9 Å². The van der Waals surface area contributed by atoms with Crippen molar-refractivity contribution in [2.24, 2.45) is 0 Å². The molecule has 3 aromatic heterocycles. The molecule has 1 aromatic carbocycles. The number of hydrogen-bond acceptors (Lipinski definition) is 6. The van der Waals surface area contributed by atoms with Gasteiger partial charge in [0.2, 0.25) is 6.30 Å². The lowest BCUT2D eigenvalue weighted by molar-refractivity contribution is 0.0285. The molecular formula is C22H18F3N5O3. The van der Waals surface area contributed by atoms with Gasteiger partial charge in [0.25, 0.3) is 12.3 Å². The predicted molar refractivity (Wildman–Crippen MR) is 113 cm³/mol. The number of imidazole rings is 1. The van der Waals surface area contributed by atoms with Crippen LogP contribution in [0.4, 0.5) is 13.2 Å². The summed E-state index contributed by atoms with van der Waals surface area (Å²) in [4.78, 5) is 16.9. The monoisotopic (exact) mass is 457 g/mol. The second-order valence-electron chi connectivity index (χ2n) is 6.88. The van der Waals surface area contributed by atoms with Crippen molar-refractivity contribution in [3.63, 3.8) is 0 Å². The van der Waals surface area contributed by atoms with E-state index in [1.807, 2.05) is 28.8 Å². The highest BCUT2D eigenvalue weighted by atomic mass is 19.3. The smallest absolute Gasteiger partial charge is 0.287 e. The average molecular weight is 457 g/mol. The summed E-state index contributed by atoms with van der Waals surface area (Å²) in [7, 11) is 2.61. The standard InChI is InChI=1S/C22H18F3N5O3/c1-32-16-7-14(8-17(33-2)19(16)22(31)29-21(25)20(23)24)15-11-26-18-9-12(4-6-30(15)18)13-3-5-27-28-10-13/h3-11,20-21H,1-2H3,(H,29,31). The van der Waals surface area contributed by atoms with Gasteiger partial charge < -0.3 is 14.8 Å². The number of nitrogens with one attached hydrogen (secondary N) is 1. The molecule has 0 radical (unpaired) electrons. The van der Waals surface area contributed by atoms with E-state index in [4.69, 9.17) is 9.47 Å². The molecular weight excluding hydrogens is 439 g/mol. The fourth-order valence-electron chi connectivity index (χ4n) is 3.38. The van der Waals surface area contributed by atoms with Gasteiger partial charge in [-0.15, -0.1) is 0 Å². The molecule has 1 atom stereocenters. The first-order valence-electron chi connectivity index (χ1n) is 9.66. The minimum Gasteiger partial charge on any atom is -0.496 e. The second kappa shape index (κ2) is 9.15. The molecule has 0 saturated heterocycles. The van der Waals surface area contributed by atoms with Gasteiger partial charge in [-0.25, -0.2) is 18.2 Å². The molecule has 0 spiro atoms. The van der Waals surface area contributed by atoms with Crippen molar-refractivity contribution in [2.75, 3.05) is 14.2 Å². The van der Waals surface area contributed by atoms with Gasteiger partial charge in [0.05, 0.1) is 38.5 Å². The van der Waals surface area contributed by atoms with Crippen LogP contribution in [0.25, 0.3) is 28.0 Å². The molecule has 0 fully saturated rings. The number of carbonyl (C=O) groups excluding carboxylic acids is 1. The van der Waals surface area contributed by atoms with Gasteiger partial charge in [-0.2, -0.15) is 10.2 Å². The zero-order valence-electron chi connectivity index (χ0n) is 17.5. The van der Waals surface area contributed by atoms with Crippen molar-refractivity contribution < 1.29 is 27.4 Å². The number of hydrogen-bond donors (Lipinski definition) is 1. The normalized spacial score (nSPS) is 12.1. The third kappa shape index (κ3) is 4.29. The van der Waals surface area contributed by atoms with E-state index in [-0.39, 0.29) is 17.1 Å². The van der Waals surface area contributed by atoms with Crippen LogP contribution in [-0.2, 0) is 0 Å². The van der Waals surface area contributed by atoms with Crippen LogP contribution in [0.15, 0.2) is 55.1 Å². The highest BCUT2D eigenvalue weighted by Crippen LogP contribution is 2.36. The van der Waals surface area contributed by atoms with Gasteiger partial charge >= 0.3 is 0 Å². The van der Waals surface area contributed by atoms with Crippen LogP contribution in [0.2, 0.25) is 0 Å². The minimum atomic E-state index is -3.36. The number of amides is 1. The Labute approximate surface area is 186 Å². The van der Waals surface area contributed by atoms with Crippen molar-refractivity contribution in [1.29, 1.82) is 0 Å². The Morgan fingerprint density at radius 2 is 1.70 bits per heavy atom. The molecule has 3 heterocycles. The van der Waals surface area contributed by atoms with Crippen molar-refractivity contribution >= 4 is 11.6 Å². The van der Waals surface area contributed by atoms with Gasteiger partial charge in [-0.1, -0.05) is 0 Å². The zero-order chi connectivity index (χ0) is 23.5. The van der Waals surface area contributed by atoms with Gasteiger partial charge in [-0.05, 0) is 35.9 Å². The summed E-state index contributed by atoms with van der Waals surface area (Å²) in [6.07, 6.45) is 0.506. The highest BCUT2D eigenvalue weighted by molar-refractivity contribution is 6.00. The lowest BCUT2D eigenvalue weighted by Crippen LogP contribution is -2.36. The number of fused-ring (bicyclic) bond motifs is 1. The van der Waals surface area contributed by atoms with Crippen LogP contribution in [0.3, 0.4) is 0 Å². The maximum atomic E-state index is 13.4. The maximum Gasteiger partial charge on any atom is 0.287 e. The van der Waals surface area contributed by atoms with E-state index in [2.05, 4.69) is 15.2 Å². The average Bonchev–Trinajstić information content (AvgIpc) is 3.26.